The van der Waals surface area contributed by atoms with Gasteiger partial charge in [0, 0.05) is 24.5 Å². The quantitative estimate of drug-likeness (QED) is 0.619. The van der Waals surface area contributed by atoms with Crippen molar-refractivity contribution in [2.24, 2.45) is 0 Å². The van der Waals surface area contributed by atoms with Crippen LogP contribution >= 0.6 is 11.3 Å². The first-order valence-corrected chi connectivity index (χ1v) is 11.6. The molecule has 0 radical (unpaired) electrons. The molecule has 1 aliphatic heterocycles. The lowest BCUT2D eigenvalue weighted by Crippen LogP contribution is -2.27. The van der Waals surface area contributed by atoms with E-state index < -0.39 is 10.0 Å². The molecular weight excluding hydrogens is 431 g/mol. The minimum atomic E-state index is -3.81. The van der Waals surface area contributed by atoms with Crippen LogP contribution in [-0.4, -0.2) is 42.5 Å². The summed E-state index contributed by atoms with van der Waals surface area (Å²) in [5.74, 6) is -0.696. The molecule has 1 amide bonds. The first-order valence-electron chi connectivity index (χ1n) is 9.31. The van der Waals surface area contributed by atoms with Crippen molar-refractivity contribution in [1.29, 1.82) is 0 Å². The van der Waals surface area contributed by atoms with Gasteiger partial charge in [-0.05, 0) is 43.5 Å². The van der Waals surface area contributed by atoms with Crippen LogP contribution < -0.4 is 4.72 Å². The second kappa shape index (κ2) is 8.25. The van der Waals surface area contributed by atoms with Gasteiger partial charge in [0.25, 0.3) is 5.89 Å². The second-order valence-corrected chi connectivity index (χ2v) is 9.89. The summed E-state index contributed by atoms with van der Waals surface area (Å²) in [6.45, 7) is 3.03. The molecule has 0 saturated carbocycles. The Hall–Kier alpha value is -2.63. The van der Waals surface area contributed by atoms with E-state index in [1.54, 1.807) is 11.8 Å². The number of benzene rings is 1. The van der Waals surface area contributed by atoms with Gasteiger partial charge < -0.3 is 9.32 Å². The Balaban J connectivity index is 1.51. The second-order valence-electron chi connectivity index (χ2n) is 6.89. The monoisotopic (exact) mass is 450 g/mol. The summed E-state index contributed by atoms with van der Waals surface area (Å²) in [6.07, 6.45) is 1.89. The molecule has 1 aliphatic rings. The van der Waals surface area contributed by atoms with Crippen molar-refractivity contribution in [3.05, 3.63) is 52.5 Å². The fraction of sp³-hybridized carbons (Fsp3) is 0.316. The van der Waals surface area contributed by atoms with Gasteiger partial charge in [0.15, 0.2) is 0 Å². The average Bonchev–Trinajstić information content (AvgIpc) is 3.47. The normalized spacial score (nSPS) is 14.4. The van der Waals surface area contributed by atoms with Crippen molar-refractivity contribution in [3.63, 3.8) is 0 Å². The number of carbonyl (C=O) groups is 1. The summed E-state index contributed by atoms with van der Waals surface area (Å²) in [5, 5.41) is 7.74. The molecule has 0 unspecified atom stereocenters. The van der Waals surface area contributed by atoms with Crippen molar-refractivity contribution >= 4 is 27.3 Å². The third kappa shape index (κ3) is 4.27. The number of nitrogens with one attached hydrogen (secondary N) is 1. The molecule has 11 heteroatoms. The van der Waals surface area contributed by atoms with Crippen LogP contribution in [0.1, 0.15) is 34.0 Å². The molecule has 1 N–H and O–H groups in total. The van der Waals surface area contributed by atoms with Crippen LogP contribution in [0.25, 0.3) is 10.8 Å². The number of rotatable bonds is 6. The first-order chi connectivity index (χ1) is 14.3. The molecule has 1 saturated heterocycles. The zero-order valence-corrected chi connectivity index (χ0v) is 17.7. The van der Waals surface area contributed by atoms with Gasteiger partial charge >= 0.3 is 11.8 Å². The van der Waals surface area contributed by atoms with Crippen LogP contribution in [0.4, 0.5) is 4.39 Å². The van der Waals surface area contributed by atoms with Crippen molar-refractivity contribution in [3.8, 4) is 10.8 Å². The summed E-state index contributed by atoms with van der Waals surface area (Å²) in [6, 6.07) is 7.02. The lowest BCUT2D eigenvalue weighted by atomic mass is 10.2. The van der Waals surface area contributed by atoms with E-state index >= 15 is 0 Å². The van der Waals surface area contributed by atoms with Crippen molar-refractivity contribution < 1.29 is 22.0 Å². The molecule has 30 heavy (non-hydrogen) atoms. The van der Waals surface area contributed by atoms with E-state index in [0.717, 1.165) is 12.8 Å². The van der Waals surface area contributed by atoms with E-state index in [2.05, 4.69) is 14.9 Å². The maximum Gasteiger partial charge on any atom is 0.311 e. The molecule has 1 fully saturated rings. The summed E-state index contributed by atoms with van der Waals surface area (Å²) in [4.78, 5) is 15.1. The summed E-state index contributed by atoms with van der Waals surface area (Å²) >= 11 is 1.19. The Morgan fingerprint density at radius 2 is 1.93 bits per heavy atom. The molecule has 4 rings (SSSR count). The Bertz CT molecular complexity index is 1170. The van der Waals surface area contributed by atoms with Gasteiger partial charge in [-0.3, -0.25) is 4.79 Å². The lowest BCUT2D eigenvalue weighted by Gasteiger charge is -2.11. The Morgan fingerprint density at radius 3 is 2.63 bits per heavy atom. The highest BCUT2D eigenvalue weighted by atomic mass is 32.2. The van der Waals surface area contributed by atoms with Gasteiger partial charge in [-0.25, -0.2) is 17.5 Å². The SMILES string of the molecule is Cc1sc(-c2nnc(C(=O)N3CCCC3)o2)cc1S(=O)(=O)NCc1ccc(F)cc1. The number of hydrogen-bond acceptors (Lipinski definition) is 7. The fourth-order valence-electron chi connectivity index (χ4n) is 3.16. The molecular formula is C19H19FN4O4S2. The zero-order chi connectivity index (χ0) is 21.3. The number of thiophene rings is 1. The van der Waals surface area contributed by atoms with E-state index in [0.29, 0.717) is 28.4 Å². The molecule has 0 atom stereocenters. The van der Waals surface area contributed by atoms with Crippen molar-refractivity contribution in [2.45, 2.75) is 31.2 Å². The minimum Gasteiger partial charge on any atom is -0.411 e. The molecule has 8 nitrogen and oxygen atoms in total. The number of carbonyl (C=O) groups excluding carboxylic acids is 1. The van der Waals surface area contributed by atoms with Crippen molar-refractivity contribution in [1.82, 2.24) is 19.8 Å². The maximum absolute atomic E-state index is 13.0. The lowest BCUT2D eigenvalue weighted by molar-refractivity contribution is 0.0754. The van der Waals surface area contributed by atoms with E-state index in [1.807, 2.05) is 0 Å². The number of aryl methyl sites for hydroxylation is 1. The van der Waals surface area contributed by atoms with Crippen LogP contribution in [0, 0.1) is 12.7 Å². The first kappa shape index (κ1) is 20.6. The Kier molecular flexibility index (Phi) is 5.67. The third-order valence-corrected chi connectivity index (χ3v) is 7.45. The highest BCUT2D eigenvalue weighted by Gasteiger charge is 2.26. The number of amides is 1. The van der Waals surface area contributed by atoms with E-state index in [9.17, 15) is 17.6 Å². The molecule has 0 bridgehead atoms. The molecule has 0 spiro atoms. The summed E-state index contributed by atoms with van der Waals surface area (Å²) in [5.41, 5.74) is 0.634. The van der Waals surface area contributed by atoms with Gasteiger partial charge in [-0.2, -0.15) is 0 Å². The van der Waals surface area contributed by atoms with Gasteiger partial charge in [0.1, 0.15) is 5.82 Å². The number of aromatic nitrogens is 2. The maximum atomic E-state index is 13.0. The van der Waals surface area contributed by atoms with Crippen LogP contribution in [0.2, 0.25) is 0 Å². The predicted octanol–water partition coefficient (Wildman–Crippen LogP) is 2.96. The van der Waals surface area contributed by atoms with E-state index in [1.165, 1.54) is 41.7 Å². The molecule has 0 aliphatic carbocycles. The number of hydrogen-bond donors (Lipinski definition) is 1. The van der Waals surface area contributed by atoms with Crippen LogP contribution in [-0.2, 0) is 16.6 Å². The van der Waals surface area contributed by atoms with Crippen LogP contribution in [0.5, 0.6) is 0 Å². The topological polar surface area (TPSA) is 105 Å². The van der Waals surface area contributed by atoms with Gasteiger partial charge in [0.2, 0.25) is 10.0 Å². The summed E-state index contributed by atoms with van der Waals surface area (Å²) < 4.78 is 46.5. The van der Waals surface area contributed by atoms with Crippen LogP contribution in [0.15, 0.2) is 39.6 Å². The van der Waals surface area contributed by atoms with Gasteiger partial charge in [-0.1, -0.05) is 12.1 Å². The number of halogens is 1. The van der Waals surface area contributed by atoms with E-state index in [-0.39, 0.29) is 34.9 Å². The standard InChI is InChI=1S/C19H19FN4O4S2/c1-12-16(30(26,27)21-11-13-4-6-14(20)7-5-13)10-15(29-12)17-22-23-18(28-17)19(25)24-8-2-3-9-24/h4-7,10,21H,2-3,8-9,11H2,1H3. The van der Waals surface area contributed by atoms with Gasteiger partial charge in [-0.15, -0.1) is 21.5 Å². The van der Waals surface area contributed by atoms with E-state index in [4.69, 9.17) is 4.42 Å². The Morgan fingerprint density at radius 1 is 1.23 bits per heavy atom. The van der Waals surface area contributed by atoms with Crippen LogP contribution in [0.3, 0.4) is 0 Å². The highest BCUT2D eigenvalue weighted by Crippen LogP contribution is 2.33. The minimum absolute atomic E-state index is 0.0300. The van der Waals surface area contributed by atoms with Crippen molar-refractivity contribution in [2.75, 3.05) is 13.1 Å². The smallest absolute Gasteiger partial charge is 0.311 e. The number of likely N-dealkylation sites (tertiary alicyclic amines) is 1. The zero-order valence-electron chi connectivity index (χ0n) is 16.1. The fourth-order valence-corrected chi connectivity index (χ4v) is 5.69. The van der Waals surface area contributed by atoms with Gasteiger partial charge in [0.05, 0.1) is 9.77 Å². The summed E-state index contributed by atoms with van der Waals surface area (Å²) in [7, 11) is -3.81. The molecule has 1 aromatic carbocycles. The molecule has 3 heterocycles. The largest absolute Gasteiger partial charge is 0.411 e. The average molecular weight is 451 g/mol. The highest BCUT2D eigenvalue weighted by molar-refractivity contribution is 7.89. The molecule has 2 aromatic heterocycles. The molecule has 3 aromatic rings. The predicted molar refractivity (Wildman–Crippen MR) is 108 cm³/mol. The number of nitrogens with zero attached hydrogens (tertiary/aromatic N) is 3. The molecule has 158 valence electrons. The Labute approximate surface area is 176 Å². The third-order valence-electron chi connectivity index (χ3n) is 4.75. The number of sulfonamides is 1.